The van der Waals surface area contributed by atoms with E-state index in [9.17, 15) is 9.50 Å². The van der Waals surface area contributed by atoms with Gasteiger partial charge in [0.25, 0.3) is 0 Å². The van der Waals surface area contributed by atoms with Crippen LogP contribution in [0, 0.1) is 5.82 Å². The van der Waals surface area contributed by atoms with Crippen molar-refractivity contribution in [1.82, 2.24) is 0 Å². The van der Waals surface area contributed by atoms with Gasteiger partial charge in [0.05, 0.1) is 6.10 Å². The van der Waals surface area contributed by atoms with Crippen molar-refractivity contribution in [2.45, 2.75) is 12.5 Å². The van der Waals surface area contributed by atoms with E-state index in [1.54, 1.807) is 18.2 Å². The second-order valence-corrected chi connectivity index (χ2v) is 6.30. The Morgan fingerprint density at radius 2 is 1.89 bits per heavy atom. The van der Waals surface area contributed by atoms with Crippen LogP contribution in [0.5, 0.6) is 0 Å². The van der Waals surface area contributed by atoms with Crippen molar-refractivity contribution in [2.75, 3.05) is 0 Å². The van der Waals surface area contributed by atoms with E-state index in [4.69, 9.17) is 11.6 Å². The summed E-state index contributed by atoms with van der Waals surface area (Å²) in [5.41, 5.74) is 1.47. The first kappa shape index (κ1) is 15.0. The standard InChI is InChI=1S/C14H10Br2ClFO/c15-9-2-4-13(17)11(6-9)14(19)5-8-1-3-10(18)7-12(8)16/h1-4,6-7,14,19H,5H2. The summed E-state index contributed by atoms with van der Waals surface area (Å²) in [5, 5.41) is 10.8. The lowest BCUT2D eigenvalue weighted by atomic mass is 10.0. The monoisotopic (exact) mass is 406 g/mol. The molecule has 1 N–H and O–H groups in total. The number of aliphatic hydroxyl groups is 1. The molecular weight excluding hydrogens is 398 g/mol. The van der Waals surface area contributed by atoms with Gasteiger partial charge in [-0.25, -0.2) is 4.39 Å². The molecule has 0 aliphatic carbocycles. The number of benzene rings is 2. The molecule has 0 aromatic heterocycles. The highest BCUT2D eigenvalue weighted by Gasteiger charge is 2.14. The smallest absolute Gasteiger partial charge is 0.124 e. The maximum Gasteiger partial charge on any atom is 0.124 e. The van der Waals surface area contributed by atoms with Gasteiger partial charge >= 0.3 is 0 Å². The van der Waals surface area contributed by atoms with Gasteiger partial charge in [-0.2, -0.15) is 0 Å². The van der Waals surface area contributed by atoms with E-state index in [-0.39, 0.29) is 5.82 Å². The Kier molecular flexibility index (Phi) is 5.01. The van der Waals surface area contributed by atoms with Crippen molar-refractivity contribution >= 4 is 43.5 Å². The lowest BCUT2D eigenvalue weighted by molar-refractivity contribution is 0.178. The molecule has 0 saturated carbocycles. The largest absolute Gasteiger partial charge is 0.388 e. The van der Waals surface area contributed by atoms with Gasteiger partial charge in [0, 0.05) is 26.0 Å². The van der Waals surface area contributed by atoms with Crippen LogP contribution in [0.25, 0.3) is 0 Å². The Labute approximate surface area is 132 Å². The average molecular weight is 408 g/mol. The SMILES string of the molecule is OC(Cc1ccc(F)cc1Br)c1cc(Br)ccc1Cl. The minimum absolute atomic E-state index is 0.314. The molecular formula is C14H10Br2ClFO. The van der Waals surface area contributed by atoms with Crippen LogP contribution < -0.4 is 0 Å². The lowest BCUT2D eigenvalue weighted by Crippen LogP contribution is -2.03. The average Bonchev–Trinajstić information content (AvgIpc) is 2.35. The number of hydrogen-bond donors (Lipinski definition) is 1. The normalized spacial score (nSPS) is 12.5. The quantitative estimate of drug-likeness (QED) is 0.733. The molecule has 2 aromatic rings. The zero-order valence-electron chi connectivity index (χ0n) is 9.71. The molecule has 2 aromatic carbocycles. The summed E-state index contributed by atoms with van der Waals surface area (Å²) in [7, 11) is 0. The zero-order chi connectivity index (χ0) is 14.0. The molecule has 0 saturated heterocycles. The molecule has 0 fully saturated rings. The van der Waals surface area contributed by atoms with Crippen molar-refractivity contribution < 1.29 is 9.50 Å². The lowest BCUT2D eigenvalue weighted by Gasteiger charge is -2.14. The minimum atomic E-state index is -0.744. The van der Waals surface area contributed by atoms with E-state index in [0.29, 0.717) is 21.5 Å². The Bertz CT molecular complexity index is 604. The van der Waals surface area contributed by atoms with Gasteiger partial charge < -0.3 is 5.11 Å². The van der Waals surface area contributed by atoms with Crippen LogP contribution >= 0.6 is 43.5 Å². The van der Waals surface area contributed by atoms with E-state index in [0.717, 1.165) is 10.0 Å². The molecule has 0 amide bonds. The van der Waals surface area contributed by atoms with Gasteiger partial charge in [-0.15, -0.1) is 0 Å². The van der Waals surface area contributed by atoms with Gasteiger partial charge in [-0.05, 0) is 35.9 Å². The predicted octanol–water partition coefficient (Wildman–Crippen LogP) is 5.28. The highest BCUT2D eigenvalue weighted by molar-refractivity contribution is 9.10. The maximum absolute atomic E-state index is 13.0. The molecule has 1 unspecified atom stereocenters. The van der Waals surface area contributed by atoms with E-state index in [1.807, 2.05) is 6.07 Å². The van der Waals surface area contributed by atoms with Crippen LogP contribution in [0.4, 0.5) is 4.39 Å². The third kappa shape index (κ3) is 3.78. The molecule has 1 atom stereocenters. The van der Waals surface area contributed by atoms with Crippen molar-refractivity contribution in [3.05, 3.63) is 67.3 Å². The fourth-order valence-electron chi connectivity index (χ4n) is 1.78. The van der Waals surface area contributed by atoms with Crippen molar-refractivity contribution in [3.8, 4) is 0 Å². The molecule has 1 nitrogen and oxygen atoms in total. The fourth-order valence-corrected chi connectivity index (χ4v) is 2.91. The molecule has 5 heteroatoms. The number of halogens is 4. The maximum atomic E-state index is 13.0. The summed E-state index contributed by atoms with van der Waals surface area (Å²) >= 11 is 12.7. The molecule has 2 rings (SSSR count). The van der Waals surface area contributed by atoms with Crippen LogP contribution in [-0.2, 0) is 6.42 Å². The second-order valence-electron chi connectivity index (χ2n) is 4.12. The fraction of sp³-hybridized carbons (Fsp3) is 0.143. The summed E-state index contributed by atoms with van der Waals surface area (Å²) in [4.78, 5) is 0. The molecule has 0 aliphatic rings. The van der Waals surface area contributed by atoms with Crippen molar-refractivity contribution in [2.24, 2.45) is 0 Å². The van der Waals surface area contributed by atoms with Crippen LogP contribution in [-0.4, -0.2) is 5.11 Å². The van der Waals surface area contributed by atoms with Crippen LogP contribution in [0.2, 0.25) is 5.02 Å². The first-order chi connectivity index (χ1) is 8.97. The van der Waals surface area contributed by atoms with Crippen molar-refractivity contribution in [1.29, 1.82) is 0 Å². The van der Waals surface area contributed by atoms with Gasteiger partial charge in [0.15, 0.2) is 0 Å². The highest BCUT2D eigenvalue weighted by Crippen LogP contribution is 2.30. The van der Waals surface area contributed by atoms with Crippen LogP contribution in [0.3, 0.4) is 0 Å². The summed E-state index contributed by atoms with van der Waals surface area (Å²) in [5.74, 6) is -0.314. The van der Waals surface area contributed by atoms with Gasteiger partial charge in [0.1, 0.15) is 5.82 Å². The molecule has 100 valence electrons. The molecule has 0 bridgehead atoms. The Balaban J connectivity index is 2.25. The molecule has 0 spiro atoms. The van der Waals surface area contributed by atoms with Gasteiger partial charge in [-0.1, -0.05) is 49.5 Å². The predicted molar refractivity (Wildman–Crippen MR) is 81.9 cm³/mol. The van der Waals surface area contributed by atoms with E-state index >= 15 is 0 Å². The highest BCUT2D eigenvalue weighted by atomic mass is 79.9. The summed E-state index contributed by atoms with van der Waals surface area (Å²) in [6, 6.07) is 9.72. The summed E-state index contributed by atoms with van der Waals surface area (Å²) in [6.45, 7) is 0. The molecule has 0 heterocycles. The molecule has 0 radical (unpaired) electrons. The topological polar surface area (TPSA) is 20.2 Å². The number of aliphatic hydroxyl groups excluding tert-OH is 1. The first-order valence-corrected chi connectivity index (χ1v) is 7.50. The van der Waals surface area contributed by atoms with Crippen molar-refractivity contribution in [3.63, 3.8) is 0 Å². The number of rotatable bonds is 3. The Morgan fingerprint density at radius 1 is 1.16 bits per heavy atom. The second kappa shape index (κ2) is 6.35. The third-order valence-corrected chi connectivity index (χ3v) is 4.32. The van der Waals surface area contributed by atoms with Crippen LogP contribution in [0.1, 0.15) is 17.2 Å². The summed E-state index contributed by atoms with van der Waals surface area (Å²) < 4.78 is 14.5. The molecule has 19 heavy (non-hydrogen) atoms. The van der Waals surface area contributed by atoms with E-state index in [1.165, 1.54) is 12.1 Å². The minimum Gasteiger partial charge on any atom is -0.388 e. The zero-order valence-corrected chi connectivity index (χ0v) is 13.6. The Hall–Kier alpha value is -0.420. The third-order valence-electron chi connectivity index (χ3n) is 2.75. The Morgan fingerprint density at radius 3 is 2.58 bits per heavy atom. The van der Waals surface area contributed by atoms with Gasteiger partial charge in [-0.3, -0.25) is 0 Å². The summed E-state index contributed by atoms with van der Waals surface area (Å²) in [6.07, 6.45) is -0.386. The number of hydrogen-bond acceptors (Lipinski definition) is 1. The first-order valence-electron chi connectivity index (χ1n) is 5.54. The van der Waals surface area contributed by atoms with E-state index < -0.39 is 6.10 Å². The molecule has 0 aliphatic heterocycles. The van der Waals surface area contributed by atoms with Gasteiger partial charge in [0.2, 0.25) is 0 Å². The van der Waals surface area contributed by atoms with Crippen LogP contribution in [0.15, 0.2) is 45.3 Å². The van der Waals surface area contributed by atoms with E-state index in [2.05, 4.69) is 31.9 Å².